The largest absolute Gasteiger partial charge is 0.417 e. The summed E-state index contributed by atoms with van der Waals surface area (Å²) in [6, 6.07) is 4.38. The number of carbonyl (C=O) groups excluding carboxylic acids is 1. The van der Waals surface area contributed by atoms with Crippen LogP contribution in [0.4, 0.5) is 30.7 Å². The van der Waals surface area contributed by atoms with Crippen LogP contribution in [0.25, 0.3) is 6.08 Å². The van der Waals surface area contributed by atoms with Crippen LogP contribution in [0.2, 0.25) is 15.1 Å². The van der Waals surface area contributed by atoms with Crippen molar-refractivity contribution in [3.8, 4) is 0 Å². The minimum absolute atomic E-state index is 0.0957. The average Bonchev–Trinajstić information content (AvgIpc) is 3.40. The van der Waals surface area contributed by atoms with Gasteiger partial charge in [-0.1, -0.05) is 59.1 Å². The van der Waals surface area contributed by atoms with Crippen LogP contribution in [-0.4, -0.2) is 17.6 Å². The topological polar surface area (TPSA) is 17.1 Å². The fraction of sp³-hybridized carbons (Fsp3) is 0.318. The Balaban J connectivity index is 1.97. The maximum absolute atomic E-state index is 13.9. The Bertz CT molecular complexity index is 1080. The maximum Gasteiger partial charge on any atom is 0.417 e. The highest BCUT2D eigenvalue weighted by molar-refractivity contribution is 6.48. The number of ketones is 1. The van der Waals surface area contributed by atoms with Gasteiger partial charge >= 0.3 is 12.4 Å². The van der Waals surface area contributed by atoms with Gasteiger partial charge in [-0.2, -0.15) is 26.3 Å². The molecule has 178 valence electrons. The summed E-state index contributed by atoms with van der Waals surface area (Å²) in [5.74, 6) is -3.27. The summed E-state index contributed by atoms with van der Waals surface area (Å²) in [5, 5.41) is -0.570. The van der Waals surface area contributed by atoms with Gasteiger partial charge in [0, 0.05) is 12.0 Å². The molecule has 1 unspecified atom stereocenters. The number of alkyl halides is 7. The lowest BCUT2D eigenvalue weighted by Gasteiger charge is -2.19. The first-order valence-corrected chi connectivity index (χ1v) is 10.6. The van der Waals surface area contributed by atoms with Crippen molar-refractivity contribution in [2.75, 3.05) is 0 Å². The number of carbonyl (C=O) groups is 1. The number of Topliss-reactive ketones (excluding diaryl/α,β-unsaturated/α-hetero) is 1. The van der Waals surface area contributed by atoms with E-state index in [1.807, 2.05) is 0 Å². The Morgan fingerprint density at radius 2 is 1.58 bits per heavy atom. The molecule has 2 aromatic carbocycles. The molecule has 0 amide bonds. The minimum atomic E-state index is -4.97. The fourth-order valence-corrected chi connectivity index (χ4v) is 3.82. The third-order valence-corrected chi connectivity index (χ3v) is 6.32. The van der Waals surface area contributed by atoms with Gasteiger partial charge in [-0.3, -0.25) is 4.79 Å². The molecule has 0 N–H and O–H groups in total. The van der Waals surface area contributed by atoms with Crippen LogP contribution >= 0.6 is 34.8 Å². The Labute approximate surface area is 199 Å². The molecule has 3 rings (SSSR count). The third-order valence-electron chi connectivity index (χ3n) is 5.12. The van der Waals surface area contributed by atoms with Gasteiger partial charge in [-0.05, 0) is 42.2 Å². The van der Waals surface area contributed by atoms with Crippen LogP contribution < -0.4 is 0 Å². The second-order valence-electron chi connectivity index (χ2n) is 7.73. The van der Waals surface area contributed by atoms with E-state index >= 15 is 0 Å². The summed E-state index contributed by atoms with van der Waals surface area (Å²) in [5.41, 5.74) is -4.47. The molecular weight excluding hydrogens is 520 g/mol. The zero-order chi connectivity index (χ0) is 24.8. The number of hydrogen-bond donors (Lipinski definition) is 0. The lowest BCUT2D eigenvalue weighted by molar-refractivity contribution is -0.139. The van der Waals surface area contributed by atoms with Crippen LogP contribution in [0.15, 0.2) is 36.4 Å². The molecule has 1 fully saturated rings. The van der Waals surface area contributed by atoms with Gasteiger partial charge < -0.3 is 0 Å². The first kappa shape index (κ1) is 25.8. The quantitative estimate of drug-likeness (QED) is 0.206. The van der Waals surface area contributed by atoms with E-state index in [-0.39, 0.29) is 39.0 Å². The van der Waals surface area contributed by atoms with Crippen LogP contribution in [0.5, 0.6) is 0 Å². The second-order valence-corrected chi connectivity index (χ2v) is 8.92. The maximum atomic E-state index is 13.9. The molecular formula is C22H14Cl3F7O. The van der Waals surface area contributed by atoms with E-state index < -0.39 is 47.3 Å². The summed E-state index contributed by atoms with van der Waals surface area (Å²) in [6.07, 6.45) is -8.79. The number of halogens is 10. The predicted octanol–water partition coefficient (Wildman–Crippen LogP) is 9.10. The molecule has 0 saturated heterocycles. The van der Waals surface area contributed by atoms with Crippen molar-refractivity contribution >= 4 is 46.7 Å². The lowest BCUT2D eigenvalue weighted by Crippen LogP contribution is -2.19. The van der Waals surface area contributed by atoms with Crippen LogP contribution in [0.3, 0.4) is 0 Å². The normalized spacial score (nSPS) is 16.8. The van der Waals surface area contributed by atoms with Gasteiger partial charge in [-0.15, -0.1) is 0 Å². The minimum Gasteiger partial charge on any atom is -0.294 e. The van der Waals surface area contributed by atoms with Gasteiger partial charge in [0.25, 0.3) is 0 Å². The smallest absolute Gasteiger partial charge is 0.294 e. The van der Waals surface area contributed by atoms with E-state index in [9.17, 15) is 35.5 Å². The predicted molar refractivity (Wildman–Crippen MR) is 113 cm³/mol. The SMILES string of the molecule is O=C(CC1(F)CC1)c1ccc(/C=C/C(c2cc(Cl)c(Cl)c(Cl)c2)C(F)(F)F)cc1C(F)(F)F. The van der Waals surface area contributed by atoms with E-state index in [4.69, 9.17) is 34.8 Å². The van der Waals surface area contributed by atoms with Crippen molar-refractivity contribution in [2.24, 2.45) is 0 Å². The molecule has 1 nitrogen and oxygen atoms in total. The lowest BCUT2D eigenvalue weighted by atomic mass is 9.94. The van der Waals surface area contributed by atoms with Crippen LogP contribution in [-0.2, 0) is 6.18 Å². The molecule has 33 heavy (non-hydrogen) atoms. The van der Waals surface area contributed by atoms with E-state index in [0.29, 0.717) is 12.1 Å². The summed E-state index contributed by atoms with van der Waals surface area (Å²) < 4.78 is 95.4. The summed E-state index contributed by atoms with van der Waals surface area (Å²) in [6.45, 7) is 0. The van der Waals surface area contributed by atoms with Crippen LogP contribution in [0, 0.1) is 0 Å². The van der Waals surface area contributed by atoms with Crippen molar-refractivity contribution in [3.63, 3.8) is 0 Å². The van der Waals surface area contributed by atoms with E-state index in [1.165, 1.54) is 0 Å². The van der Waals surface area contributed by atoms with Crippen molar-refractivity contribution in [1.29, 1.82) is 0 Å². The van der Waals surface area contributed by atoms with Crippen molar-refractivity contribution < 1.29 is 35.5 Å². The Morgan fingerprint density at radius 1 is 1.00 bits per heavy atom. The molecule has 1 aliphatic rings. The van der Waals surface area contributed by atoms with E-state index in [2.05, 4.69) is 0 Å². The highest BCUT2D eigenvalue weighted by Gasteiger charge is 2.46. The van der Waals surface area contributed by atoms with Crippen molar-refractivity contribution in [3.05, 3.63) is 73.7 Å². The van der Waals surface area contributed by atoms with Gasteiger partial charge in [0.05, 0.1) is 26.5 Å². The Kier molecular flexibility index (Phi) is 7.14. The number of hydrogen-bond acceptors (Lipinski definition) is 1. The van der Waals surface area contributed by atoms with Gasteiger partial charge in [0.15, 0.2) is 5.78 Å². The first-order valence-electron chi connectivity index (χ1n) is 9.43. The van der Waals surface area contributed by atoms with Crippen molar-refractivity contribution in [1.82, 2.24) is 0 Å². The molecule has 11 heteroatoms. The highest BCUT2D eigenvalue weighted by Crippen LogP contribution is 2.45. The Hall–Kier alpha value is -1.77. The zero-order valence-corrected chi connectivity index (χ0v) is 18.7. The molecule has 0 aliphatic heterocycles. The number of benzene rings is 2. The molecule has 0 radical (unpaired) electrons. The molecule has 1 aliphatic carbocycles. The molecule has 2 aromatic rings. The highest BCUT2D eigenvalue weighted by atomic mass is 35.5. The first-order chi connectivity index (χ1) is 15.1. The zero-order valence-electron chi connectivity index (χ0n) is 16.4. The summed E-state index contributed by atoms with van der Waals surface area (Å²) in [4.78, 5) is 12.2. The third kappa shape index (κ3) is 6.22. The Morgan fingerprint density at radius 3 is 2.06 bits per heavy atom. The van der Waals surface area contributed by atoms with Gasteiger partial charge in [0.1, 0.15) is 5.67 Å². The second kappa shape index (κ2) is 9.12. The molecule has 1 atom stereocenters. The molecule has 1 saturated carbocycles. The molecule has 0 aromatic heterocycles. The summed E-state index contributed by atoms with van der Waals surface area (Å²) >= 11 is 17.4. The fourth-order valence-electron chi connectivity index (χ4n) is 3.21. The van der Waals surface area contributed by atoms with Gasteiger partial charge in [0.2, 0.25) is 0 Å². The molecule has 0 spiro atoms. The number of rotatable bonds is 6. The number of allylic oxidation sites excluding steroid dienone is 1. The standard InChI is InChI=1S/C22H14Cl3F7O/c23-16-8-12(9-17(24)19(16)25)14(21(27,28)29)4-2-11-1-3-13(15(7-11)22(30,31)32)18(33)10-20(26)5-6-20/h1-4,7-9,14H,5-6,10H2/b4-2+. The van der Waals surface area contributed by atoms with E-state index in [1.54, 1.807) is 0 Å². The average molecular weight is 534 g/mol. The van der Waals surface area contributed by atoms with E-state index in [0.717, 1.165) is 30.3 Å². The summed E-state index contributed by atoms with van der Waals surface area (Å²) in [7, 11) is 0. The molecule has 0 bridgehead atoms. The van der Waals surface area contributed by atoms with Crippen LogP contribution in [0.1, 0.15) is 52.2 Å². The molecule has 0 heterocycles. The monoisotopic (exact) mass is 532 g/mol. The van der Waals surface area contributed by atoms with Gasteiger partial charge in [-0.25, -0.2) is 4.39 Å². The van der Waals surface area contributed by atoms with Crippen molar-refractivity contribution in [2.45, 2.75) is 43.2 Å².